The van der Waals surface area contributed by atoms with Crippen LogP contribution in [0.1, 0.15) is 12.8 Å². The lowest BCUT2D eigenvalue weighted by Crippen LogP contribution is -2.39. The van der Waals surface area contributed by atoms with Gasteiger partial charge in [-0.1, -0.05) is 0 Å². The first kappa shape index (κ1) is 12.5. The number of rotatable bonds is 1. The first-order valence-electron chi connectivity index (χ1n) is 4.31. The Morgan fingerprint density at radius 2 is 2.08 bits per heavy atom. The molecule has 2 N–H and O–H groups in total. The fourth-order valence-corrected chi connectivity index (χ4v) is 1.48. The minimum atomic E-state index is -0.217. The van der Waals surface area contributed by atoms with Gasteiger partial charge in [0.1, 0.15) is 0 Å². The summed E-state index contributed by atoms with van der Waals surface area (Å²) in [5.41, 5.74) is 5.52. The van der Waals surface area contributed by atoms with Crippen molar-refractivity contribution >= 4 is 18.5 Å². The highest BCUT2D eigenvalue weighted by atomic mass is 35.5. The van der Waals surface area contributed by atoms with E-state index in [2.05, 4.69) is 4.74 Å². The van der Waals surface area contributed by atoms with Gasteiger partial charge in [0.25, 0.3) is 0 Å². The predicted molar refractivity (Wildman–Crippen MR) is 53.0 cm³/mol. The molecule has 0 bridgehead atoms. The summed E-state index contributed by atoms with van der Waals surface area (Å²) >= 11 is 0. The molecule has 1 aliphatic heterocycles. The molecule has 1 heterocycles. The molecule has 1 fully saturated rings. The molecule has 0 spiro atoms. The number of hydrogen-bond donors (Lipinski definition) is 1. The van der Waals surface area contributed by atoms with E-state index in [1.807, 2.05) is 0 Å². The Morgan fingerprint density at radius 3 is 2.46 bits per heavy atom. The van der Waals surface area contributed by atoms with E-state index in [9.17, 15) is 4.79 Å². The van der Waals surface area contributed by atoms with E-state index in [1.54, 1.807) is 4.90 Å². The van der Waals surface area contributed by atoms with Gasteiger partial charge in [-0.25, -0.2) is 4.79 Å². The maximum absolute atomic E-state index is 11.0. The predicted octanol–water partition coefficient (Wildman–Crippen LogP) is 0.845. The molecular formula is C8H17ClN2O2. The lowest BCUT2D eigenvalue weighted by Gasteiger charge is -2.30. The van der Waals surface area contributed by atoms with Crippen LogP contribution in [0.3, 0.4) is 0 Å². The smallest absolute Gasteiger partial charge is 0.409 e. The molecule has 4 nitrogen and oxygen atoms in total. The van der Waals surface area contributed by atoms with Crippen LogP contribution in [-0.4, -0.2) is 37.7 Å². The summed E-state index contributed by atoms with van der Waals surface area (Å²) < 4.78 is 4.61. The number of carbonyl (C=O) groups excluding carboxylic acids is 1. The van der Waals surface area contributed by atoms with E-state index in [-0.39, 0.29) is 18.5 Å². The number of nitrogens with zero attached hydrogens (tertiary/aromatic N) is 1. The average molecular weight is 209 g/mol. The van der Waals surface area contributed by atoms with Crippen LogP contribution in [0.25, 0.3) is 0 Å². The minimum Gasteiger partial charge on any atom is -0.453 e. The zero-order valence-corrected chi connectivity index (χ0v) is 8.68. The molecule has 78 valence electrons. The highest BCUT2D eigenvalue weighted by molar-refractivity contribution is 5.85. The molecule has 1 amide bonds. The van der Waals surface area contributed by atoms with Gasteiger partial charge in [-0.3, -0.25) is 0 Å². The normalized spacial score (nSPS) is 17.8. The van der Waals surface area contributed by atoms with Crippen molar-refractivity contribution in [3.8, 4) is 0 Å². The molecule has 0 atom stereocenters. The molecule has 0 aliphatic carbocycles. The Balaban J connectivity index is 0.00000144. The lowest BCUT2D eigenvalue weighted by atomic mass is 9.97. The van der Waals surface area contributed by atoms with Crippen LogP contribution in [-0.2, 0) is 4.74 Å². The zero-order valence-electron chi connectivity index (χ0n) is 7.86. The number of piperidine rings is 1. The van der Waals surface area contributed by atoms with Gasteiger partial charge in [-0.05, 0) is 25.3 Å². The fourth-order valence-electron chi connectivity index (χ4n) is 1.48. The van der Waals surface area contributed by atoms with Crippen molar-refractivity contribution in [1.82, 2.24) is 4.90 Å². The standard InChI is InChI=1S/C8H16N2O2.ClH/c1-12-8(11)10-4-2-7(6-9)3-5-10;/h7H,2-6,9H2,1H3;1H. The van der Waals surface area contributed by atoms with E-state index in [0.29, 0.717) is 5.92 Å². The molecule has 0 aromatic carbocycles. The van der Waals surface area contributed by atoms with Crippen LogP contribution < -0.4 is 5.73 Å². The first-order chi connectivity index (χ1) is 5.77. The minimum absolute atomic E-state index is 0. The molecular weight excluding hydrogens is 192 g/mol. The number of carbonyl (C=O) groups is 1. The summed E-state index contributed by atoms with van der Waals surface area (Å²) in [6.07, 6.45) is 1.79. The van der Waals surface area contributed by atoms with Crippen molar-refractivity contribution in [2.24, 2.45) is 11.7 Å². The summed E-state index contributed by atoms with van der Waals surface area (Å²) in [5, 5.41) is 0. The van der Waals surface area contributed by atoms with Gasteiger partial charge in [0.2, 0.25) is 0 Å². The molecule has 1 saturated heterocycles. The van der Waals surface area contributed by atoms with Crippen LogP contribution in [0.15, 0.2) is 0 Å². The number of hydrogen-bond acceptors (Lipinski definition) is 3. The molecule has 13 heavy (non-hydrogen) atoms. The third kappa shape index (κ3) is 3.40. The largest absolute Gasteiger partial charge is 0.453 e. The van der Waals surface area contributed by atoms with Gasteiger partial charge in [0.05, 0.1) is 7.11 Å². The monoisotopic (exact) mass is 208 g/mol. The van der Waals surface area contributed by atoms with Crippen LogP contribution in [0.5, 0.6) is 0 Å². The highest BCUT2D eigenvalue weighted by Crippen LogP contribution is 2.15. The highest BCUT2D eigenvalue weighted by Gasteiger charge is 2.21. The number of methoxy groups -OCH3 is 1. The van der Waals surface area contributed by atoms with Gasteiger partial charge in [-0.15, -0.1) is 12.4 Å². The number of nitrogens with two attached hydrogens (primary N) is 1. The van der Waals surface area contributed by atoms with Crippen molar-refractivity contribution in [3.05, 3.63) is 0 Å². The van der Waals surface area contributed by atoms with Crippen molar-refractivity contribution < 1.29 is 9.53 Å². The third-order valence-electron chi connectivity index (χ3n) is 2.38. The van der Waals surface area contributed by atoms with Gasteiger partial charge in [0.15, 0.2) is 0 Å². The van der Waals surface area contributed by atoms with Gasteiger partial charge < -0.3 is 15.4 Å². The second-order valence-electron chi connectivity index (χ2n) is 3.14. The quantitative estimate of drug-likeness (QED) is 0.695. The van der Waals surface area contributed by atoms with E-state index in [1.165, 1.54) is 7.11 Å². The lowest BCUT2D eigenvalue weighted by molar-refractivity contribution is 0.107. The topological polar surface area (TPSA) is 55.6 Å². The first-order valence-corrected chi connectivity index (χ1v) is 4.31. The Kier molecular flexibility index (Phi) is 5.82. The van der Waals surface area contributed by atoms with Crippen molar-refractivity contribution in [1.29, 1.82) is 0 Å². The van der Waals surface area contributed by atoms with E-state index in [4.69, 9.17) is 5.73 Å². The summed E-state index contributed by atoms with van der Waals surface area (Å²) in [5.74, 6) is 0.589. The third-order valence-corrected chi connectivity index (χ3v) is 2.38. The fraction of sp³-hybridized carbons (Fsp3) is 0.875. The molecule has 1 aliphatic rings. The van der Waals surface area contributed by atoms with Gasteiger partial charge >= 0.3 is 6.09 Å². The number of likely N-dealkylation sites (tertiary alicyclic amines) is 1. The Hall–Kier alpha value is -0.480. The molecule has 1 rings (SSSR count). The van der Waals surface area contributed by atoms with Crippen LogP contribution >= 0.6 is 12.4 Å². The molecule has 5 heteroatoms. The number of ether oxygens (including phenoxy) is 1. The molecule has 0 unspecified atom stereocenters. The molecule has 0 aromatic heterocycles. The Labute approximate surface area is 84.8 Å². The maximum atomic E-state index is 11.0. The van der Waals surface area contributed by atoms with Crippen molar-refractivity contribution in [3.63, 3.8) is 0 Å². The van der Waals surface area contributed by atoms with Crippen LogP contribution in [0.4, 0.5) is 4.79 Å². The van der Waals surface area contributed by atoms with E-state index < -0.39 is 0 Å². The molecule has 0 radical (unpaired) electrons. The Morgan fingerprint density at radius 1 is 1.54 bits per heavy atom. The maximum Gasteiger partial charge on any atom is 0.409 e. The molecule has 0 aromatic rings. The number of amides is 1. The van der Waals surface area contributed by atoms with E-state index >= 15 is 0 Å². The summed E-state index contributed by atoms with van der Waals surface area (Å²) in [7, 11) is 1.41. The second kappa shape index (κ2) is 6.05. The van der Waals surface area contributed by atoms with Gasteiger partial charge in [-0.2, -0.15) is 0 Å². The van der Waals surface area contributed by atoms with Crippen LogP contribution in [0, 0.1) is 5.92 Å². The second-order valence-corrected chi connectivity index (χ2v) is 3.14. The average Bonchev–Trinajstić information content (AvgIpc) is 2.17. The van der Waals surface area contributed by atoms with Crippen molar-refractivity contribution in [2.45, 2.75) is 12.8 Å². The number of halogens is 1. The summed E-state index contributed by atoms with van der Waals surface area (Å²) in [4.78, 5) is 12.8. The SMILES string of the molecule is COC(=O)N1CCC(CN)CC1.Cl. The van der Waals surface area contributed by atoms with Crippen molar-refractivity contribution in [2.75, 3.05) is 26.7 Å². The molecule has 0 saturated carbocycles. The van der Waals surface area contributed by atoms with E-state index in [0.717, 1.165) is 32.5 Å². The summed E-state index contributed by atoms with van der Waals surface area (Å²) in [6.45, 7) is 2.30. The van der Waals surface area contributed by atoms with Gasteiger partial charge in [0, 0.05) is 13.1 Å². The summed E-state index contributed by atoms with van der Waals surface area (Å²) in [6, 6.07) is 0. The Bertz CT molecular complexity index is 158. The van der Waals surface area contributed by atoms with Crippen LogP contribution in [0.2, 0.25) is 0 Å². The zero-order chi connectivity index (χ0) is 8.97.